The monoisotopic (exact) mass is 342 g/mol. The number of rotatable bonds is 5. The number of hydrogen-bond acceptors (Lipinski definition) is 3. The van der Waals surface area contributed by atoms with Crippen LogP contribution in [0.3, 0.4) is 0 Å². The Morgan fingerprint density at radius 2 is 2.05 bits per heavy atom. The molecular weight excluding hydrogens is 324 g/mol. The van der Waals surface area contributed by atoms with Crippen molar-refractivity contribution in [1.29, 1.82) is 0 Å². The summed E-state index contributed by atoms with van der Waals surface area (Å²) in [5, 5.41) is 3.48. The second kappa shape index (κ2) is 5.82. The highest BCUT2D eigenvalue weighted by atomic mass is 32.2. The lowest BCUT2D eigenvalue weighted by atomic mass is 9.75. The second-order valence-corrected chi connectivity index (χ2v) is 8.36. The van der Waals surface area contributed by atoms with E-state index < -0.39 is 45.7 Å². The standard InChI is InChI=1S/C13H18F4N2O2S/c1-12(4-2-5-13(16,17)8-12)9-22(20,21)7-10-3-6-19(18-10)11(14)15/h3,6,11H,2,4-5,7-9H2,1H3. The van der Waals surface area contributed by atoms with Crippen LogP contribution in [0.1, 0.15) is 44.9 Å². The SMILES string of the molecule is CC1(CS(=O)(=O)Cc2ccn(C(F)F)n2)CCCC(F)(F)C1. The van der Waals surface area contributed by atoms with Crippen LogP contribution in [0.2, 0.25) is 0 Å². The smallest absolute Gasteiger partial charge is 0.228 e. The van der Waals surface area contributed by atoms with Gasteiger partial charge in [0.25, 0.3) is 0 Å². The number of alkyl halides is 4. The van der Waals surface area contributed by atoms with E-state index in [0.717, 1.165) is 6.20 Å². The van der Waals surface area contributed by atoms with Gasteiger partial charge in [0, 0.05) is 19.0 Å². The molecule has 1 fully saturated rings. The predicted octanol–water partition coefficient (Wildman–Crippen LogP) is 3.41. The van der Waals surface area contributed by atoms with E-state index in [0.29, 0.717) is 11.1 Å². The molecule has 0 saturated heterocycles. The molecule has 22 heavy (non-hydrogen) atoms. The molecule has 0 N–H and O–H groups in total. The molecular formula is C13H18F4N2O2S. The van der Waals surface area contributed by atoms with Gasteiger partial charge in [-0.05, 0) is 24.3 Å². The maximum absolute atomic E-state index is 13.5. The van der Waals surface area contributed by atoms with E-state index in [4.69, 9.17) is 0 Å². The van der Waals surface area contributed by atoms with Crippen LogP contribution < -0.4 is 0 Å². The Labute approximate surface area is 126 Å². The van der Waals surface area contributed by atoms with Crippen molar-refractivity contribution in [1.82, 2.24) is 9.78 Å². The first-order valence-electron chi connectivity index (χ1n) is 6.91. The molecule has 0 bridgehead atoms. The summed E-state index contributed by atoms with van der Waals surface area (Å²) in [5.74, 6) is -3.76. The van der Waals surface area contributed by atoms with Crippen LogP contribution in [0, 0.1) is 5.41 Å². The van der Waals surface area contributed by atoms with Crippen molar-refractivity contribution in [3.05, 3.63) is 18.0 Å². The minimum absolute atomic E-state index is 0.00790. The van der Waals surface area contributed by atoms with Crippen molar-refractivity contribution in [2.75, 3.05) is 5.75 Å². The molecule has 0 spiro atoms. The van der Waals surface area contributed by atoms with Crippen LogP contribution >= 0.6 is 0 Å². The molecule has 0 aromatic carbocycles. The zero-order valence-corrected chi connectivity index (χ0v) is 12.9. The Balaban J connectivity index is 2.07. The highest BCUT2D eigenvalue weighted by Gasteiger charge is 2.45. The summed E-state index contributed by atoms with van der Waals surface area (Å²) < 4.78 is 76.5. The van der Waals surface area contributed by atoms with Gasteiger partial charge in [0.1, 0.15) is 0 Å². The molecule has 0 radical (unpaired) electrons. The lowest BCUT2D eigenvalue weighted by molar-refractivity contribution is -0.0718. The summed E-state index contributed by atoms with van der Waals surface area (Å²) >= 11 is 0. The third-order valence-corrected chi connectivity index (χ3v) is 5.68. The largest absolute Gasteiger partial charge is 0.333 e. The Morgan fingerprint density at radius 1 is 1.36 bits per heavy atom. The van der Waals surface area contributed by atoms with Crippen molar-refractivity contribution >= 4 is 9.84 Å². The van der Waals surface area contributed by atoms with E-state index in [9.17, 15) is 26.0 Å². The molecule has 126 valence electrons. The fraction of sp³-hybridized carbons (Fsp3) is 0.769. The summed E-state index contributed by atoms with van der Waals surface area (Å²) in [7, 11) is -3.71. The summed E-state index contributed by atoms with van der Waals surface area (Å²) in [4.78, 5) is 0. The molecule has 1 aromatic heterocycles. The number of aromatic nitrogens is 2. The lowest BCUT2D eigenvalue weighted by Gasteiger charge is -2.37. The minimum atomic E-state index is -3.71. The summed E-state index contributed by atoms with van der Waals surface area (Å²) in [6, 6.07) is 1.20. The van der Waals surface area contributed by atoms with Crippen LogP contribution in [0.15, 0.2) is 12.3 Å². The molecule has 0 aliphatic heterocycles. The number of hydrogen-bond donors (Lipinski definition) is 0. The number of nitrogens with zero attached hydrogens (tertiary/aromatic N) is 2. The van der Waals surface area contributed by atoms with E-state index in [1.54, 1.807) is 0 Å². The fourth-order valence-electron chi connectivity index (χ4n) is 3.07. The van der Waals surface area contributed by atoms with Crippen LogP contribution in [-0.2, 0) is 15.6 Å². The predicted molar refractivity (Wildman–Crippen MR) is 72.5 cm³/mol. The van der Waals surface area contributed by atoms with Crippen LogP contribution in [0.5, 0.6) is 0 Å². The van der Waals surface area contributed by atoms with Gasteiger partial charge in [0.15, 0.2) is 9.84 Å². The van der Waals surface area contributed by atoms with Crippen LogP contribution in [0.4, 0.5) is 17.6 Å². The fourth-order valence-corrected chi connectivity index (χ4v) is 5.08. The van der Waals surface area contributed by atoms with Crippen molar-refractivity contribution in [2.45, 2.75) is 50.8 Å². The first-order chi connectivity index (χ1) is 10.0. The molecule has 2 rings (SSSR count). The zero-order chi connectivity index (χ0) is 16.6. The van der Waals surface area contributed by atoms with Gasteiger partial charge in [-0.3, -0.25) is 0 Å². The average molecular weight is 342 g/mol. The summed E-state index contributed by atoms with van der Waals surface area (Å²) in [6.45, 7) is -1.30. The van der Waals surface area contributed by atoms with Gasteiger partial charge in [0.05, 0.1) is 17.2 Å². The maximum Gasteiger partial charge on any atom is 0.333 e. The molecule has 0 amide bonds. The maximum atomic E-state index is 13.5. The Hall–Kier alpha value is -1.12. The molecule has 1 atom stereocenters. The van der Waals surface area contributed by atoms with E-state index in [1.807, 2.05) is 0 Å². The first kappa shape index (κ1) is 17.2. The second-order valence-electron chi connectivity index (χ2n) is 6.29. The van der Waals surface area contributed by atoms with Crippen molar-refractivity contribution in [3.8, 4) is 0 Å². The Bertz CT molecular complexity index is 630. The molecule has 1 aliphatic rings. The molecule has 1 aromatic rings. The quantitative estimate of drug-likeness (QED) is 0.771. The van der Waals surface area contributed by atoms with E-state index >= 15 is 0 Å². The van der Waals surface area contributed by atoms with E-state index in [2.05, 4.69) is 5.10 Å². The first-order valence-corrected chi connectivity index (χ1v) is 8.73. The molecule has 9 heteroatoms. The van der Waals surface area contributed by atoms with Gasteiger partial charge in [-0.1, -0.05) is 6.92 Å². The van der Waals surface area contributed by atoms with Gasteiger partial charge in [0.2, 0.25) is 5.92 Å². The molecule has 1 saturated carbocycles. The van der Waals surface area contributed by atoms with E-state index in [1.165, 1.54) is 13.0 Å². The Kier molecular flexibility index (Phi) is 4.56. The molecule has 1 aliphatic carbocycles. The third-order valence-electron chi connectivity index (χ3n) is 3.81. The van der Waals surface area contributed by atoms with Crippen molar-refractivity contribution in [3.63, 3.8) is 0 Å². The van der Waals surface area contributed by atoms with Crippen molar-refractivity contribution < 1.29 is 26.0 Å². The van der Waals surface area contributed by atoms with Gasteiger partial charge in [-0.25, -0.2) is 21.9 Å². The summed E-state index contributed by atoms with van der Waals surface area (Å²) in [5.41, 5.74) is -1.00. The lowest BCUT2D eigenvalue weighted by Crippen LogP contribution is -2.38. The molecule has 4 nitrogen and oxygen atoms in total. The zero-order valence-electron chi connectivity index (χ0n) is 12.1. The topological polar surface area (TPSA) is 52.0 Å². The molecule has 1 unspecified atom stereocenters. The normalized spacial score (nSPS) is 25.5. The average Bonchev–Trinajstić information content (AvgIpc) is 2.72. The van der Waals surface area contributed by atoms with Gasteiger partial charge < -0.3 is 0 Å². The Morgan fingerprint density at radius 3 is 2.59 bits per heavy atom. The van der Waals surface area contributed by atoms with Crippen LogP contribution in [0.25, 0.3) is 0 Å². The summed E-state index contributed by atoms with van der Waals surface area (Å²) in [6.07, 6.45) is 0.991. The van der Waals surface area contributed by atoms with Crippen molar-refractivity contribution in [2.24, 2.45) is 5.41 Å². The van der Waals surface area contributed by atoms with Gasteiger partial charge >= 0.3 is 6.55 Å². The number of sulfone groups is 1. The molecule has 1 heterocycles. The minimum Gasteiger partial charge on any atom is -0.228 e. The van der Waals surface area contributed by atoms with Gasteiger partial charge in [-0.15, -0.1) is 0 Å². The van der Waals surface area contributed by atoms with E-state index in [-0.39, 0.29) is 18.5 Å². The number of halogens is 4. The third kappa shape index (κ3) is 4.44. The highest BCUT2D eigenvalue weighted by Crippen LogP contribution is 2.45. The van der Waals surface area contributed by atoms with Crippen LogP contribution in [-0.4, -0.2) is 29.9 Å². The van der Waals surface area contributed by atoms with Gasteiger partial charge in [-0.2, -0.15) is 13.9 Å². The highest BCUT2D eigenvalue weighted by molar-refractivity contribution is 7.90.